The predicted octanol–water partition coefficient (Wildman–Crippen LogP) is 2.62. The molecule has 1 aromatic heterocycles. The number of nitrogens with zero attached hydrogens (tertiary/aromatic N) is 2. The highest BCUT2D eigenvalue weighted by Crippen LogP contribution is 2.21. The molecule has 21 heavy (non-hydrogen) atoms. The Morgan fingerprint density at radius 1 is 1.48 bits per heavy atom. The maximum absolute atomic E-state index is 10.5. The molecule has 1 aliphatic heterocycles. The van der Waals surface area contributed by atoms with Gasteiger partial charge in [0.1, 0.15) is 0 Å². The van der Waals surface area contributed by atoms with Gasteiger partial charge in [-0.3, -0.25) is 0 Å². The SMILES string of the molecule is CN1CCC(CN(C)Cc2ccc(C=CC(=O)O)s2)CC1. The number of hydrogen-bond acceptors (Lipinski definition) is 4. The molecule has 0 amide bonds. The molecule has 2 heterocycles. The van der Waals surface area contributed by atoms with E-state index < -0.39 is 5.97 Å². The molecule has 0 atom stereocenters. The van der Waals surface area contributed by atoms with Crippen LogP contribution in [0.4, 0.5) is 0 Å². The van der Waals surface area contributed by atoms with Gasteiger partial charge in [0.05, 0.1) is 0 Å². The molecule has 1 aliphatic rings. The Bertz CT molecular complexity index is 490. The van der Waals surface area contributed by atoms with Crippen LogP contribution in [0.5, 0.6) is 0 Å². The van der Waals surface area contributed by atoms with E-state index in [1.165, 1.54) is 36.9 Å². The lowest BCUT2D eigenvalue weighted by Crippen LogP contribution is -2.35. The second-order valence-electron chi connectivity index (χ2n) is 5.92. The third kappa shape index (κ3) is 5.61. The van der Waals surface area contributed by atoms with Crippen LogP contribution in [0.2, 0.25) is 0 Å². The molecular formula is C16H24N2O2S. The Morgan fingerprint density at radius 3 is 2.86 bits per heavy atom. The molecule has 0 radical (unpaired) electrons. The highest BCUT2D eigenvalue weighted by molar-refractivity contribution is 7.12. The lowest BCUT2D eigenvalue weighted by molar-refractivity contribution is -0.131. The highest BCUT2D eigenvalue weighted by atomic mass is 32.1. The lowest BCUT2D eigenvalue weighted by Gasteiger charge is -2.31. The second kappa shape index (κ2) is 7.73. The zero-order valence-electron chi connectivity index (χ0n) is 12.8. The smallest absolute Gasteiger partial charge is 0.328 e. The van der Waals surface area contributed by atoms with Gasteiger partial charge in [0.2, 0.25) is 0 Å². The summed E-state index contributed by atoms with van der Waals surface area (Å²) in [5.74, 6) is -0.0955. The number of likely N-dealkylation sites (tertiary alicyclic amines) is 1. The zero-order chi connectivity index (χ0) is 15.2. The van der Waals surface area contributed by atoms with Crippen molar-refractivity contribution in [3.8, 4) is 0 Å². The van der Waals surface area contributed by atoms with Crippen LogP contribution in [0, 0.1) is 5.92 Å². The summed E-state index contributed by atoms with van der Waals surface area (Å²) in [4.78, 5) is 17.6. The van der Waals surface area contributed by atoms with Crippen LogP contribution in [-0.2, 0) is 11.3 Å². The van der Waals surface area contributed by atoms with E-state index in [1.54, 1.807) is 17.4 Å². The molecule has 1 aromatic rings. The quantitative estimate of drug-likeness (QED) is 0.821. The first-order valence-electron chi connectivity index (χ1n) is 7.39. The topological polar surface area (TPSA) is 43.8 Å². The summed E-state index contributed by atoms with van der Waals surface area (Å²) in [6.45, 7) is 4.51. The number of piperidine rings is 1. The van der Waals surface area contributed by atoms with E-state index >= 15 is 0 Å². The fraction of sp³-hybridized carbons (Fsp3) is 0.562. The summed E-state index contributed by atoms with van der Waals surface area (Å²) >= 11 is 1.67. The molecule has 0 unspecified atom stereocenters. The van der Waals surface area contributed by atoms with Crippen LogP contribution in [0.1, 0.15) is 22.6 Å². The highest BCUT2D eigenvalue weighted by Gasteiger charge is 2.18. The van der Waals surface area contributed by atoms with Crippen molar-refractivity contribution >= 4 is 23.4 Å². The minimum Gasteiger partial charge on any atom is -0.478 e. The monoisotopic (exact) mass is 308 g/mol. The first-order chi connectivity index (χ1) is 10.0. The number of aliphatic carboxylic acids is 1. The third-order valence-electron chi connectivity index (χ3n) is 3.91. The molecule has 1 saturated heterocycles. The maximum atomic E-state index is 10.5. The van der Waals surface area contributed by atoms with Crippen molar-refractivity contribution in [1.82, 2.24) is 9.80 Å². The maximum Gasteiger partial charge on any atom is 0.328 e. The van der Waals surface area contributed by atoms with Gasteiger partial charge in [0.25, 0.3) is 0 Å². The first kappa shape index (κ1) is 16.2. The van der Waals surface area contributed by atoms with E-state index in [0.29, 0.717) is 0 Å². The summed E-state index contributed by atoms with van der Waals surface area (Å²) in [7, 11) is 4.36. The third-order valence-corrected chi connectivity index (χ3v) is 4.94. The summed E-state index contributed by atoms with van der Waals surface area (Å²) in [5.41, 5.74) is 0. The summed E-state index contributed by atoms with van der Waals surface area (Å²) in [6, 6.07) is 4.08. The standard InChI is InChI=1S/C16H24N2O2S/c1-17-9-7-13(8-10-17)11-18(2)12-15-4-3-14(21-15)5-6-16(19)20/h3-6,13H,7-12H2,1-2H3,(H,19,20). The number of carboxylic acids is 1. The van der Waals surface area contributed by atoms with Crippen LogP contribution in [0.25, 0.3) is 6.08 Å². The van der Waals surface area contributed by atoms with Crippen molar-refractivity contribution in [2.24, 2.45) is 5.92 Å². The molecule has 116 valence electrons. The summed E-state index contributed by atoms with van der Waals surface area (Å²) < 4.78 is 0. The fourth-order valence-electron chi connectivity index (χ4n) is 2.74. The Kier molecular flexibility index (Phi) is 5.96. The summed E-state index contributed by atoms with van der Waals surface area (Å²) in [5, 5.41) is 8.63. The van der Waals surface area contributed by atoms with E-state index in [0.717, 1.165) is 23.9 Å². The van der Waals surface area contributed by atoms with E-state index in [4.69, 9.17) is 5.11 Å². The number of carboxylic acid groups (broad SMARTS) is 1. The van der Waals surface area contributed by atoms with Gasteiger partial charge in [-0.05, 0) is 64.2 Å². The second-order valence-corrected chi connectivity index (χ2v) is 7.12. The molecule has 0 saturated carbocycles. The van der Waals surface area contributed by atoms with Gasteiger partial charge >= 0.3 is 5.97 Å². The predicted molar refractivity (Wildman–Crippen MR) is 87.5 cm³/mol. The minimum absolute atomic E-state index is 0.803. The van der Waals surface area contributed by atoms with Crippen LogP contribution in [0.15, 0.2) is 18.2 Å². The molecular weight excluding hydrogens is 284 g/mol. The van der Waals surface area contributed by atoms with Crippen molar-refractivity contribution in [1.29, 1.82) is 0 Å². The minimum atomic E-state index is -0.899. The van der Waals surface area contributed by atoms with Gasteiger partial charge in [-0.15, -0.1) is 11.3 Å². The average molecular weight is 308 g/mol. The van der Waals surface area contributed by atoms with Crippen molar-refractivity contribution in [3.05, 3.63) is 28.0 Å². The molecule has 0 aliphatic carbocycles. The van der Waals surface area contributed by atoms with Gasteiger partial charge in [0.15, 0.2) is 0 Å². The van der Waals surface area contributed by atoms with Crippen molar-refractivity contribution in [2.75, 3.05) is 33.7 Å². The fourth-order valence-corrected chi connectivity index (χ4v) is 3.73. The number of hydrogen-bond donors (Lipinski definition) is 1. The Morgan fingerprint density at radius 2 is 2.19 bits per heavy atom. The van der Waals surface area contributed by atoms with Crippen molar-refractivity contribution in [3.63, 3.8) is 0 Å². The lowest BCUT2D eigenvalue weighted by atomic mass is 9.97. The molecule has 4 nitrogen and oxygen atoms in total. The largest absolute Gasteiger partial charge is 0.478 e. The number of rotatable bonds is 6. The first-order valence-corrected chi connectivity index (χ1v) is 8.21. The van der Waals surface area contributed by atoms with Crippen LogP contribution in [0.3, 0.4) is 0 Å². The molecule has 0 aromatic carbocycles. The molecule has 5 heteroatoms. The van der Waals surface area contributed by atoms with Gasteiger partial charge in [-0.2, -0.15) is 0 Å². The Labute approximate surface area is 130 Å². The Hall–Kier alpha value is -1.17. The van der Waals surface area contributed by atoms with E-state index in [-0.39, 0.29) is 0 Å². The molecule has 0 spiro atoms. The van der Waals surface area contributed by atoms with Gasteiger partial charge in [0, 0.05) is 28.9 Å². The molecule has 1 N–H and O–H groups in total. The number of carbonyl (C=O) groups is 1. The van der Waals surface area contributed by atoms with Crippen LogP contribution < -0.4 is 0 Å². The Balaban J connectivity index is 1.79. The summed E-state index contributed by atoms with van der Waals surface area (Å²) in [6.07, 6.45) is 5.43. The van der Waals surface area contributed by atoms with E-state index in [1.807, 2.05) is 6.07 Å². The molecule has 0 bridgehead atoms. The van der Waals surface area contributed by atoms with Crippen molar-refractivity contribution < 1.29 is 9.90 Å². The normalized spacial score (nSPS) is 17.9. The van der Waals surface area contributed by atoms with Crippen LogP contribution in [-0.4, -0.2) is 54.6 Å². The van der Waals surface area contributed by atoms with Crippen molar-refractivity contribution in [2.45, 2.75) is 19.4 Å². The van der Waals surface area contributed by atoms with E-state index in [2.05, 4.69) is 30.0 Å². The van der Waals surface area contributed by atoms with Gasteiger partial charge < -0.3 is 14.9 Å². The zero-order valence-corrected chi connectivity index (χ0v) is 13.6. The molecule has 1 fully saturated rings. The van der Waals surface area contributed by atoms with Crippen LogP contribution >= 0.6 is 11.3 Å². The molecule has 2 rings (SSSR count). The van der Waals surface area contributed by atoms with Gasteiger partial charge in [-0.25, -0.2) is 4.79 Å². The van der Waals surface area contributed by atoms with Gasteiger partial charge in [-0.1, -0.05) is 0 Å². The average Bonchev–Trinajstić information content (AvgIpc) is 2.86. The van der Waals surface area contributed by atoms with E-state index in [9.17, 15) is 4.79 Å². The number of thiophene rings is 1.